The standard InChI is InChI=1S/C16H11N3O5S/c20-9-11-6-7-14(13(8-11)19(21)22)25-16-18-17-15(24-16)10-23-12-4-2-1-3-5-12/h1-9H,10H2. The molecule has 0 N–H and O–H groups in total. The van der Waals surface area contributed by atoms with Crippen molar-refractivity contribution in [2.45, 2.75) is 16.7 Å². The number of aromatic nitrogens is 2. The highest BCUT2D eigenvalue weighted by Gasteiger charge is 2.18. The summed E-state index contributed by atoms with van der Waals surface area (Å²) in [5, 5.41) is 19.0. The molecule has 8 nitrogen and oxygen atoms in total. The molecule has 1 aromatic heterocycles. The third kappa shape index (κ3) is 4.21. The molecule has 0 aliphatic heterocycles. The van der Waals surface area contributed by atoms with Crippen molar-refractivity contribution < 1.29 is 18.9 Å². The van der Waals surface area contributed by atoms with Crippen molar-refractivity contribution in [3.63, 3.8) is 0 Å². The number of hydrogen-bond acceptors (Lipinski definition) is 8. The van der Waals surface area contributed by atoms with Gasteiger partial charge in [-0.25, -0.2) is 0 Å². The average Bonchev–Trinajstić information content (AvgIpc) is 3.08. The van der Waals surface area contributed by atoms with E-state index in [-0.39, 0.29) is 29.0 Å². The first kappa shape index (κ1) is 16.7. The Balaban J connectivity index is 1.71. The third-order valence-electron chi connectivity index (χ3n) is 3.07. The first-order valence-corrected chi connectivity index (χ1v) is 7.89. The summed E-state index contributed by atoms with van der Waals surface area (Å²) in [6.45, 7) is 0.0870. The van der Waals surface area contributed by atoms with Crippen LogP contribution in [-0.4, -0.2) is 21.4 Å². The molecule has 0 fully saturated rings. The lowest BCUT2D eigenvalue weighted by atomic mass is 10.2. The van der Waals surface area contributed by atoms with E-state index in [9.17, 15) is 14.9 Å². The Hall–Kier alpha value is -3.20. The minimum atomic E-state index is -0.564. The molecule has 3 rings (SSSR count). The van der Waals surface area contributed by atoms with Gasteiger partial charge in [0.15, 0.2) is 6.61 Å². The lowest BCUT2D eigenvalue weighted by molar-refractivity contribution is -0.387. The summed E-state index contributed by atoms with van der Waals surface area (Å²) in [5.74, 6) is 0.911. The molecule has 0 bridgehead atoms. The molecular weight excluding hydrogens is 346 g/mol. The van der Waals surface area contributed by atoms with Crippen LogP contribution in [0.3, 0.4) is 0 Å². The van der Waals surface area contributed by atoms with E-state index in [1.807, 2.05) is 18.2 Å². The second-order valence-electron chi connectivity index (χ2n) is 4.77. The average molecular weight is 357 g/mol. The highest BCUT2D eigenvalue weighted by Crippen LogP contribution is 2.34. The number of nitrogens with zero attached hydrogens (tertiary/aromatic N) is 3. The highest BCUT2D eigenvalue weighted by molar-refractivity contribution is 7.99. The normalized spacial score (nSPS) is 10.4. The van der Waals surface area contributed by atoms with Crippen molar-refractivity contribution in [2.75, 3.05) is 0 Å². The van der Waals surface area contributed by atoms with Gasteiger partial charge in [-0.3, -0.25) is 14.9 Å². The van der Waals surface area contributed by atoms with Gasteiger partial charge < -0.3 is 9.15 Å². The van der Waals surface area contributed by atoms with Crippen molar-refractivity contribution in [1.82, 2.24) is 10.2 Å². The molecule has 0 amide bonds. The zero-order chi connectivity index (χ0) is 17.6. The van der Waals surface area contributed by atoms with E-state index in [2.05, 4.69) is 10.2 Å². The molecule has 2 aromatic carbocycles. The van der Waals surface area contributed by atoms with Crippen LogP contribution in [-0.2, 0) is 6.61 Å². The maximum absolute atomic E-state index is 11.1. The molecule has 126 valence electrons. The van der Waals surface area contributed by atoms with Crippen LogP contribution >= 0.6 is 11.8 Å². The number of nitro groups is 1. The van der Waals surface area contributed by atoms with Crippen molar-refractivity contribution in [1.29, 1.82) is 0 Å². The number of aldehydes is 1. The summed E-state index contributed by atoms with van der Waals surface area (Å²) in [6.07, 6.45) is 0.549. The zero-order valence-corrected chi connectivity index (χ0v) is 13.5. The fourth-order valence-corrected chi connectivity index (χ4v) is 2.71. The van der Waals surface area contributed by atoms with Gasteiger partial charge >= 0.3 is 0 Å². The van der Waals surface area contributed by atoms with E-state index < -0.39 is 4.92 Å². The van der Waals surface area contributed by atoms with Crippen molar-refractivity contribution >= 4 is 23.7 Å². The molecular formula is C16H11N3O5S. The molecule has 0 unspecified atom stereocenters. The first-order chi connectivity index (χ1) is 12.2. The van der Waals surface area contributed by atoms with Crippen LogP contribution < -0.4 is 4.74 Å². The number of carbonyl (C=O) groups excluding carboxylic acids is 1. The zero-order valence-electron chi connectivity index (χ0n) is 12.7. The summed E-state index contributed by atoms with van der Waals surface area (Å²) >= 11 is 0.951. The number of ether oxygens (including phenoxy) is 1. The second kappa shape index (κ2) is 7.58. The summed E-state index contributed by atoms with van der Waals surface area (Å²) < 4.78 is 10.9. The molecule has 0 aliphatic rings. The van der Waals surface area contributed by atoms with Crippen LogP contribution in [0.25, 0.3) is 0 Å². The van der Waals surface area contributed by atoms with Gasteiger partial charge in [0.2, 0.25) is 0 Å². The van der Waals surface area contributed by atoms with Gasteiger partial charge in [0.1, 0.15) is 12.0 Å². The van der Waals surface area contributed by atoms with Gasteiger partial charge in [0.05, 0.1) is 9.82 Å². The quantitative estimate of drug-likeness (QED) is 0.359. The Kier molecular flexibility index (Phi) is 5.05. The lowest BCUT2D eigenvalue weighted by Gasteiger charge is -2.02. The van der Waals surface area contributed by atoms with Crippen LogP contribution in [0.4, 0.5) is 5.69 Å². The number of para-hydroxylation sites is 1. The van der Waals surface area contributed by atoms with Crippen molar-refractivity contribution in [3.8, 4) is 5.75 Å². The Morgan fingerprint density at radius 2 is 2.00 bits per heavy atom. The summed E-state index contributed by atoms with van der Waals surface area (Å²) in [4.78, 5) is 21.6. The van der Waals surface area contributed by atoms with Gasteiger partial charge in [-0.05, 0) is 30.0 Å². The number of benzene rings is 2. The lowest BCUT2D eigenvalue weighted by Crippen LogP contribution is -1.95. The Morgan fingerprint density at radius 3 is 2.72 bits per heavy atom. The third-order valence-corrected chi connectivity index (χ3v) is 3.97. The molecule has 0 saturated carbocycles. The van der Waals surface area contributed by atoms with E-state index in [0.717, 1.165) is 11.8 Å². The van der Waals surface area contributed by atoms with Crippen LogP contribution in [0.2, 0.25) is 0 Å². The van der Waals surface area contributed by atoms with E-state index in [1.165, 1.54) is 18.2 Å². The van der Waals surface area contributed by atoms with Crippen molar-refractivity contribution in [3.05, 3.63) is 70.1 Å². The number of carbonyl (C=O) groups is 1. The monoisotopic (exact) mass is 357 g/mol. The van der Waals surface area contributed by atoms with E-state index in [1.54, 1.807) is 12.1 Å². The van der Waals surface area contributed by atoms with Gasteiger partial charge in [-0.1, -0.05) is 24.3 Å². The van der Waals surface area contributed by atoms with Crippen molar-refractivity contribution in [2.24, 2.45) is 0 Å². The number of hydrogen-bond donors (Lipinski definition) is 0. The topological polar surface area (TPSA) is 108 Å². The smallest absolute Gasteiger partial charge is 0.284 e. The van der Waals surface area contributed by atoms with Gasteiger partial charge in [0.25, 0.3) is 16.8 Å². The highest BCUT2D eigenvalue weighted by atomic mass is 32.2. The molecule has 0 atom stereocenters. The van der Waals surface area contributed by atoms with Gasteiger partial charge in [-0.15, -0.1) is 10.2 Å². The minimum Gasteiger partial charge on any atom is -0.484 e. The fourth-order valence-electron chi connectivity index (χ4n) is 1.93. The molecule has 25 heavy (non-hydrogen) atoms. The van der Waals surface area contributed by atoms with E-state index in [0.29, 0.717) is 16.9 Å². The maximum Gasteiger partial charge on any atom is 0.284 e. The molecule has 3 aromatic rings. The minimum absolute atomic E-state index is 0.0870. The van der Waals surface area contributed by atoms with Gasteiger partial charge in [0, 0.05) is 11.6 Å². The Bertz CT molecular complexity index is 898. The van der Waals surface area contributed by atoms with Crippen LogP contribution in [0.1, 0.15) is 16.2 Å². The second-order valence-corrected chi connectivity index (χ2v) is 5.76. The predicted molar refractivity (Wildman–Crippen MR) is 87.7 cm³/mol. The molecule has 0 saturated heterocycles. The van der Waals surface area contributed by atoms with E-state index in [4.69, 9.17) is 9.15 Å². The molecule has 0 aliphatic carbocycles. The summed E-state index contributed by atoms with van der Waals surface area (Å²) in [5.41, 5.74) is 0.0217. The maximum atomic E-state index is 11.1. The Morgan fingerprint density at radius 1 is 1.20 bits per heavy atom. The number of rotatable bonds is 7. The van der Waals surface area contributed by atoms with Gasteiger partial charge in [-0.2, -0.15) is 0 Å². The molecule has 1 heterocycles. The van der Waals surface area contributed by atoms with Crippen LogP contribution in [0.5, 0.6) is 5.75 Å². The SMILES string of the molecule is O=Cc1ccc(Sc2nnc(COc3ccccc3)o2)c([N+](=O)[O-])c1. The molecule has 9 heteroatoms. The number of nitro benzene ring substituents is 1. The summed E-state index contributed by atoms with van der Waals surface area (Å²) in [6, 6.07) is 13.3. The molecule has 0 radical (unpaired) electrons. The first-order valence-electron chi connectivity index (χ1n) is 7.07. The largest absolute Gasteiger partial charge is 0.484 e. The van der Waals surface area contributed by atoms with E-state index >= 15 is 0 Å². The Labute approximate surface area is 146 Å². The van der Waals surface area contributed by atoms with Crippen LogP contribution in [0, 0.1) is 10.1 Å². The van der Waals surface area contributed by atoms with Crippen LogP contribution in [0.15, 0.2) is 63.1 Å². The fraction of sp³-hybridized carbons (Fsp3) is 0.0625. The summed E-state index contributed by atoms with van der Waals surface area (Å²) in [7, 11) is 0. The predicted octanol–water partition coefficient (Wildman–Crippen LogP) is 3.52. The molecule has 0 spiro atoms.